The highest BCUT2D eigenvalue weighted by Crippen LogP contribution is 2.29. The van der Waals surface area contributed by atoms with Gasteiger partial charge in [0.2, 0.25) is 5.91 Å². The van der Waals surface area contributed by atoms with Gasteiger partial charge in [-0.1, -0.05) is 48.5 Å². The molecule has 1 aromatic heterocycles. The van der Waals surface area contributed by atoms with Crippen LogP contribution in [0.25, 0.3) is 11.3 Å². The summed E-state index contributed by atoms with van der Waals surface area (Å²) in [6, 6.07) is 24.1. The minimum absolute atomic E-state index is 0.199. The Morgan fingerprint density at radius 3 is 2.72 bits per heavy atom. The van der Waals surface area contributed by atoms with Gasteiger partial charge in [-0.15, -0.1) is 0 Å². The first kappa shape index (κ1) is 19.2. The maximum atomic E-state index is 12.8. The summed E-state index contributed by atoms with van der Waals surface area (Å²) in [5.41, 5.74) is 4.11. The zero-order valence-corrected chi connectivity index (χ0v) is 16.8. The summed E-state index contributed by atoms with van der Waals surface area (Å²) in [6.07, 6.45) is 2.53. The van der Waals surface area contributed by atoms with Crippen molar-refractivity contribution in [2.75, 3.05) is 20.2 Å². The van der Waals surface area contributed by atoms with Crippen molar-refractivity contribution in [1.29, 1.82) is 0 Å². The van der Waals surface area contributed by atoms with Gasteiger partial charge in [-0.05, 0) is 42.7 Å². The lowest BCUT2D eigenvalue weighted by Gasteiger charge is -2.32. The number of ether oxygens (including phenoxy) is 1. The predicted octanol–water partition coefficient (Wildman–Crippen LogP) is 4.71. The molecule has 0 N–H and O–H groups in total. The number of methoxy groups -OCH3 is 1. The monoisotopic (exact) mass is 386 g/mol. The fraction of sp³-hybridized carbons (Fsp3) is 0.280. The van der Waals surface area contributed by atoms with Gasteiger partial charge in [-0.3, -0.25) is 9.78 Å². The van der Waals surface area contributed by atoms with Gasteiger partial charge in [-0.25, -0.2) is 0 Å². The number of hydrogen-bond acceptors (Lipinski definition) is 3. The predicted molar refractivity (Wildman–Crippen MR) is 115 cm³/mol. The van der Waals surface area contributed by atoms with Crippen LogP contribution in [-0.4, -0.2) is 36.0 Å². The van der Waals surface area contributed by atoms with Gasteiger partial charge in [0.25, 0.3) is 0 Å². The Hall–Kier alpha value is -3.14. The maximum Gasteiger partial charge on any atom is 0.227 e. The lowest BCUT2D eigenvalue weighted by Crippen LogP contribution is -2.40. The Bertz CT molecular complexity index is 971. The fourth-order valence-electron chi connectivity index (χ4n) is 3.95. The van der Waals surface area contributed by atoms with Crippen LogP contribution in [0.5, 0.6) is 5.75 Å². The molecule has 1 saturated heterocycles. The van der Waals surface area contributed by atoms with E-state index in [4.69, 9.17) is 9.72 Å². The van der Waals surface area contributed by atoms with Gasteiger partial charge in [0.15, 0.2) is 0 Å². The van der Waals surface area contributed by atoms with Crippen molar-refractivity contribution in [2.24, 2.45) is 0 Å². The number of nitrogens with zero attached hydrogens (tertiary/aromatic N) is 2. The molecule has 1 amide bonds. The molecule has 1 atom stereocenters. The average molecular weight is 386 g/mol. The van der Waals surface area contributed by atoms with Crippen LogP contribution in [0.4, 0.5) is 0 Å². The molecule has 0 bridgehead atoms. The zero-order valence-electron chi connectivity index (χ0n) is 16.8. The van der Waals surface area contributed by atoms with Crippen LogP contribution in [0.3, 0.4) is 0 Å². The van der Waals surface area contributed by atoms with E-state index in [1.165, 1.54) is 0 Å². The molecule has 2 heterocycles. The molecule has 148 valence electrons. The van der Waals surface area contributed by atoms with Crippen LogP contribution in [0.1, 0.15) is 30.0 Å². The molecule has 2 aromatic carbocycles. The van der Waals surface area contributed by atoms with Crippen molar-refractivity contribution < 1.29 is 9.53 Å². The molecule has 3 aromatic rings. The third kappa shape index (κ3) is 4.65. The van der Waals surface area contributed by atoms with Crippen LogP contribution in [0, 0.1) is 0 Å². The van der Waals surface area contributed by atoms with E-state index >= 15 is 0 Å². The highest BCUT2D eigenvalue weighted by atomic mass is 16.5. The molecular formula is C25H26N2O2. The average Bonchev–Trinajstić information content (AvgIpc) is 2.80. The summed E-state index contributed by atoms with van der Waals surface area (Å²) in [5.74, 6) is 1.30. The quantitative estimate of drug-likeness (QED) is 0.638. The number of likely N-dealkylation sites (tertiary alicyclic amines) is 1. The van der Waals surface area contributed by atoms with Gasteiger partial charge < -0.3 is 9.64 Å². The van der Waals surface area contributed by atoms with E-state index in [0.29, 0.717) is 6.42 Å². The molecule has 0 aliphatic carbocycles. The molecule has 1 aliphatic heterocycles. The summed E-state index contributed by atoms with van der Waals surface area (Å²) in [7, 11) is 1.67. The van der Waals surface area contributed by atoms with Gasteiger partial charge >= 0.3 is 0 Å². The van der Waals surface area contributed by atoms with Crippen LogP contribution in [-0.2, 0) is 11.2 Å². The highest BCUT2D eigenvalue weighted by molar-refractivity contribution is 5.79. The lowest BCUT2D eigenvalue weighted by molar-refractivity contribution is -0.131. The molecule has 1 fully saturated rings. The van der Waals surface area contributed by atoms with E-state index in [0.717, 1.165) is 54.2 Å². The number of amides is 1. The van der Waals surface area contributed by atoms with E-state index in [9.17, 15) is 4.79 Å². The van der Waals surface area contributed by atoms with E-state index in [1.54, 1.807) is 7.11 Å². The smallest absolute Gasteiger partial charge is 0.227 e. The van der Waals surface area contributed by atoms with Crippen LogP contribution < -0.4 is 4.74 Å². The summed E-state index contributed by atoms with van der Waals surface area (Å²) in [5, 5.41) is 0. The number of carbonyl (C=O) groups excluding carboxylic acids is 1. The van der Waals surface area contributed by atoms with Crippen molar-refractivity contribution in [2.45, 2.75) is 25.2 Å². The van der Waals surface area contributed by atoms with Gasteiger partial charge in [0.05, 0.1) is 19.2 Å². The Balaban J connectivity index is 1.49. The molecule has 29 heavy (non-hydrogen) atoms. The first-order valence-electron chi connectivity index (χ1n) is 10.2. The Labute approximate surface area is 172 Å². The van der Waals surface area contributed by atoms with Gasteiger partial charge in [0.1, 0.15) is 5.75 Å². The lowest BCUT2D eigenvalue weighted by atomic mass is 9.93. The van der Waals surface area contributed by atoms with Crippen LogP contribution in [0.2, 0.25) is 0 Å². The first-order valence-corrected chi connectivity index (χ1v) is 10.2. The Kier molecular flexibility index (Phi) is 5.89. The van der Waals surface area contributed by atoms with Gasteiger partial charge in [-0.2, -0.15) is 0 Å². The summed E-state index contributed by atoms with van der Waals surface area (Å²) < 4.78 is 5.34. The third-order valence-corrected chi connectivity index (χ3v) is 5.53. The number of pyridine rings is 1. The number of benzene rings is 2. The minimum atomic E-state index is 0.199. The van der Waals surface area contributed by atoms with E-state index < -0.39 is 0 Å². The molecule has 4 heteroatoms. The van der Waals surface area contributed by atoms with E-state index in [-0.39, 0.29) is 11.8 Å². The molecule has 4 nitrogen and oxygen atoms in total. The first-order chi connectivity index (χ1) is 14.2. The zero-order chi connectivity index (χ0) is 20.1. The molecule has 0 saturated carbocycles. The van der Waals surface area contributed by atoms with E-state index in [1.807, 2.05) is 65.6 Å². The number of hydrogen-bond donors (Lipinski definition) is 0. The second-order valence-electron chi connectivity index (χ2n) is 7.52. The third-order valence-electron chi connectivity index (χ3n) is 5.53. The Morgan fingerprint density at radius 2 is 1.90 bits per heavy atom. The van der Waals surface area contributed by atoms with Crippen molar-refractivity contribution in [3.05, 3.63) is 84.1 Å². The molecular weight excluding hydrogens is 360 g/mol. The van der Waals surface area contributed by atoms with E-state index in [2.05, 4.69) is 12.1 Å². The summed E-state index contributed by atoms with van der Waals surface area (Å²) in [6.45, 7) is 1.57. The number of piperidine rings is 1. The maximum absolute atomic E-state index is 12.8. The van der Waals surface area contributed by atoms with Crippen LogP contribution >= 0.6 is 0 Å². The van der Waals surface area contributed by atoms with Crippen LogP contribution in [0.15, 0.2) is 72.8 Å². The molecule has 0 unspecified atom stereocenters. The van der Waals surface area contributed by atoms with Crippen molar-refractivity contribution in [3.8, 4) is 17.0 Å². The summed E-state index contributed by atoms with van der Waals surface area (Å²) >= 11 is 0. The number of carbonyl (C=O) groups is 1. The largest absolute Gasteiger partial charge is 0.497 e. The molecule has 1 aliphatic rings. The van der Waals surface area contributed by atoms with Crippen molar-refractivity contribution in [1.82, 2.24) is 9.88 Å². The van der Waals surface area contributed by atoms with Gasteiger partial charge in [0, 0.05) is 30.3 Å². The minimum Gasteiger partial charge on any atom is -0.497 e. The summed E-state index contributed by atoms with van der Waals surface area (Å²) in [4.78, 5) is 19.7. The number of rotatable bonds is 5. The molecule has 4 rings (SSSR count). The number of aromatic nitrogens is 1. The highest BCUT2D eigenvalue weighted by Gasteiger charge is 2.25. The SMILES string of the molecule is COc1cccc(-c2cccc([C@H]3CCCN(C(=O)Cc4ccccc4)C3)n2)c1. The normalized spacial score (nSPS) is 16.4. The fourth-order valence-corrected chi connectivity index (χ4v) is 3.95. The molecule has 0 radical (unpaired) electrons. The van der Waals surface area contributed by atoms with Crippen molar-refractivity contribution in [3.63, 3.8) is 0 Å². The Morgan fingerprint density at radius 1 is 1.07 bits per heavy atom. The second-order valence-corrected chi connectivity index (χ2v) is 7.52. The second kappa shape index (κ2) is 8.91. The topological polar surface area (TPSA) is 42.4 Å². The van der Waals surface area contributed by atoms with Crippen molar-refractivity contribution >= 4 is 5.91 Å². The molecule has 0 spiro atoms. The standard InChI is InChI=1S/C25H26N2O2/c1-29-22-12-5-10-20(17-22)23-13-6-14-24(26-23)21-11-7-15-27(18-21)25(28)16-19-8-3-2-4-9-19/h2-6,8-10,12-14,17,21H,7,11,15-16,18H2,1H3/t21-/m0/s1.